The number of carbonyl (C=O) groups is 3. The zero-order valence-electron chi connectivity index (χ0n) is 26.0. The lowest BCUT2D eigenvalue weighted by atomic mass is 10.0. The normalized spacial score (nSPS) is 32.1. The molecular weight excluding hydrogens is 610 g/mol. The van der Waals surface area contributed by atoms with Crippen molar-refractivity contribution in [2.24, 2.45) is 5.73 Å². The molecule has 0 aromatic carbocycles. The van der Waals surface area contributed by atoms with Gasteiger partial charge in [0, 0.05) is 32.0 Å². The molecule has 0 unspecified atom stereocenters. The quantitative estimate of drug-likeness (QED) is 0.127. The lowest BCUT2D eigenvalue weighted by molar-refractivity contribution is -0.241. The molecule has 0 aliphatic carbocycles. The summed E-state index contributed by atoms with van der Waals surface area (Å²) in [4.78, 5) is 65.0. The molecule has 17 nitrogen and oxygen atoms in total. The largest absolute Gasteiger partial charge is 0.456 e. The van der Waals surface area contributed by atoms with Crippen molar-refractivity contribution in [1.29, 1.82) is 0 Å². The van der Waals surface area contributed by atoms with Crippen molar-refractivity contribution in [2.75, 3.05) is 13.7 Å². The first-order valence-electron chi connectivity index (χ1n) is 15.4. The van der Waals surface area contributed by atoms with Crippen LogP contribution in [0.1, 0.15) is 58.6 Å². The Hall–Kier alpha value is -3.61. The Balaban J connectivity index is 1.55. The number of aromatic amines is 1. The number of nitrogens with one attached hydrogen (secondary N) is 3. The average molecular weight is 654 g/mol. The van der Waals surface area contributed by atoms with Gasteiger partial charge in [-0.25, -0.2) is 4.79 Å². The lowest BCUT2D eigenvalue weighted by Gasteiger charge is -2.35. The predicted molar refractivity (Wildman–Crippen MR) is 158 cm³/mol. The summed E-state index contributed by atoms with van der Waals surface area (Å²) in [6.07, 6.45) is -5.17. The summed E-state index contributed by atoms with van der Waals surface area (Å²) in [5.41, 5.74) is 4.27. The number of aromatic nitrogens is 2. The smallest absolute Gasteiger partial charge is 0.330 e. The highest BCUT2D eigenvalue weighted by molar-refractivity contribution is 5.95. The fraction of sp³-hybridized carbons (Fsp3) is 0.690. The third-order valence-corrected chi connectivity index (χ3v) is 8.10. The topological polar surface area (TPSA) is 243 Å². The van der Waals surface area contributed by atoms with Crippen molar-refractivity contribution in [1.82, 2.24) is 20.2 Å². The first-order chi connectivity index (χ1) is 21.9. The molecule has 1 aromatic rings. The van der Waals surface area contributed by atoms with Crippen molar-refractivity contribution in [3.63, 3.8) is 0 Å². The van der Waals surface area contributed by atoms with Gasteiger partial charge in [0.1, 0.15) is 36.6 Å². The Morgan fingerprint density at radius 2 is 1.96 bits per heavy atom. The second-order valence-electron chi connectivity index (χ2n) is 11.6. The molecule has 10 atom stereocenters. The average Bonchev–Trinajstić information content (AvgIpc) is 3.27. The van der Waals surface area contributed by atoms with Crippen molar-refractivity contribution in [3.05, 3.63) is 44.9 Å². The molecule has 2 fully saturated rings. The predicted octanol–water partition coefficient (Wildman–Crippen LogP) is -1.97. The van der Waals surface area contributed by atoms with Crippen LogP contribution in [0.4, 0.5) is 0 Å². The fourth-order valence-corrected chi connectivity index (χ4v) is 5.66. The Bertz CT molecular complexity index is 1380. The van der Waals surface area contributed by atoms with Crippen molar-refractivity contribution >= 4 is 17.7 Å². The second kappa shape index (κ2) is 15.8. The highest BCUT2D eigenvalue weighted by atomic mass is 16.7. The van der Waals surface area contributed by atoms with Crippen LogP contribution in [-0.2, 0) is 38.1 Å². The number of rotatable bonds is 13. The summed E-state index contributed by atoms with van der Waals surface area (Å²) in [6, 6.07) is 0.195. The summed E-state index contributed by atoms with van der Waals surface area (Å²) < 4.78 is 30.3. The molecule has 3 aliphatic heterocycles. The van der Waals surface area contributed by atoms with E-state index in [-0.39, 0.29) is 18.6 Å². The number of H-pyrrole nitrogens is 1. The van der Waals surface area contributed by atoms with Crippen LogP contribution in [0.3, 0.4) is 0 Å². The van der Waals surface area contributed by atoms with Gasteiger partial charge in [0.25, 0.3) is 11.5 Å². The number of aliphatic hydroxyl groups excluding tert-OH is 2. The van der Waals surface area contributed by atoms with Crippen LogP contribution in [0.25, 0.3) is 0 Å². The highest BCUT2D eigenvalue weighted by Gasteiger charge is 2.53. The molecule has 1 aromatic heterocycles. The highest BCUT2D eigenvalue weighted by Crippen LogP contribution is 2.36. The number of carbonyl (C=O) groups excluding carboxylic acids is 3. The Kier molecular flexibility index (Phi) is 12.1. The number of amides is 3. The molecular formula is C29H43N5O12. The summed E-state index contributed by atoms with van der Waals surface area (Å²) in [6.45, 7) is 4.12. The number of hydrogen-bond acceptors (Lipinski definition) is 12. The van der Waals surface area contributed by atoms with E-state index in [1.165, 1.54) is 13.3 Å². The molecule has 3 aliphatic rings. The fourth-order valence-electron chi connectivity index (χ4n) is 5.66. The minimum Gasteiger partial charge on any atom is -0.456 e. The van der Waals surface area contributed by atoms with Crippen molar-refractivity contribution < 1.29 is 48.3 Å². The molecule has 4 heterocycles. The van der Waals surface area contributed by atoms with Gasteiger partial charge in [0.2, 0.25) is 18.1 Å². The van der Waals surface area contributed by atoms with Crippen LogP contribution < -0.4 is 27.6 Å². The maximum absolute atomic E-state index is 13.1. The van der Waals surface area contributed by atoms with Gasteiger partial charge in [-0.1, -0.05) is 19.8 Å². The van der Waals surface area contributed by atoms with Gasteiger partial charge >= 0.3 is 5.69 Å². The number of hydrogen-bond donors (Lipinski definition) is 6. The van der Waals surface area contributed by atoms with Gasteiger partial charge in [-0.05, 0) is 38.7 Å². The van der Waals surface area contributed by atoms with E-state index in [9.17, 15) is 34.2 Å². The van der Waals surface area contributed by atoms with Crippen molar-refractivity contribution in [2.45, 2.75) is 114 Å². The summed E-state index contributed by atoms with van der Waals surface area (Å²) >= 11 is 0. The lowest BCUT2D eigenvalue weighted by Crippen LogP contribution is -2.54. The summed E-state index contributed by atoms with van der Waals surface area (Å²) in [5.74, 6) is -2.76. The van der Waals surface area contributed by atoms with E-state index in [2.05, 4.69) is 15.6 Å². The zero-order valence-corrected chi connectivity index (χ0v) is 26.0. The van der Waals surface area contributed by atoms with Crippen LogP contribution in [0, 0.1) is 0 Å². The zero-order chi connectivity index (χ0) is 33.5. The number of aliphatic hydroxyl groups is 2. The van der Waals surface area contributed by atoms with Gasteiger partial charge in [-0.2, -0.15) is 0 Å². The second-order valence-corrected chi connectivity index (χ2v) is 11.6. The van der Waals surface area contributed by atoms with Crippen LogP contribution in [0.15, 0.2) is 33.7 Å². The monoisotopic (exact) mass is 653 g/mol. The molecule has 46 heavy (non-hydrogen) atoms. The number of ether oxygens (including phenoxy) is 5. The molecule has 17 heteroatoms. The van der Waals surface area contributed by atoms with Crippen LogP contribution in [-0.4, -0.2) is 106 Å². The number of nitrogens with zero attached hydrogens (tertiary/aromatic N) is 1. The number of unbranched alkanes of at least 4 members (excludes halogenated alkanes) is 2. The standard InChI is InChI=1S/C29H43N5O12/c1-4-5-6-12-43-23-20(42-3)21(45-27(23)34-11-10-18(36)33-29(34)41)22(24(30)38)46-28-19(37)16(35)13-17(44-28)26(40)32-15-9-7-8-14(2)31-25(15)39/h10-11,13-16,19-23,27-28,35,37H,4-9,12H2,1-3H3,(H2,30,38)(H,31,39)(H,32,40)(H,33,36,41)/t14-,15-,16-,19-,20+,21-,22+,23+,27+,28+/m0/s1. The Labute approximate surface area is 264 Å². The van der Waals surface area contributed by atoms with Crippen LogP contribution >= 0.6 is 0 Å². The van der Waals surface area contributed by atoms with E-state index >= 15 is 0 Å². The van der Waals surface area contributed by atoms with E-state index < -0.39 is 84.0 Å². The molecule has 0 spiro atoms. The maximum atomic E-state index is 13.1. The van der Waals surface area contributed by atoms with Gasteiger partial charge in [-0.15, -0.1) is 0 Å². The molecule has 0 bridgehead atoms. The number of nitrogens with two attached hydrogens (primary N) is 1. The molecule has 2 saturated heterocycles. The van der Waals surface area contributed by atoms with Gasteiger partial charge < -0.3 is 50.3 Å². The van der Waals surface area contributed by atoms with E-state index in [1.54, 1.807) is 0 Å². The van der Waals surface area contributed by atoms with Gasteiger partial charge in [0.05, 0.1) is 0 Å². The first-order valence-corrected chi connectivity index (χ1v) is 15.4. The van der Waals surface area contributed by atoms with Crippen LogP contribution in [0.2, 0.25) is 0 Å². The summed E-state index contributed by atoms with van der Waals surface area (Å²) in [7, 11) is 1.32. The number of primary amides is 1. The SMILES string of the molecule is CCCCCO[C@@H]1[C@H](OC)[C@@H]([C@@H](O[C@H]2OC(C(=O)N[C@H]3CCC[C@H](C)NC3=O)=C[C@H](O)[C@@H]2O)C(N)=O)O[C@H]1n1ccc(=O)[nH]c1=O. The third kappa shape index (κ3) is 8.21. The van der Waals surface area contributed by atoms with Crippen LogP contribution in [0.5, 0.6) is 0 Å². The molecule has 7 N–H and O–H groups in total. The van der Waals surface area contributed by atoms with E-state index in [1.807, 2.05) is 13.8 Å². The molecule has 3 amide bonds. The van der Waals surface area contributed by atoms with E-state index in [0.717, 1.165) is 36.0 Å². The Morgan fingerprint density at radius 3 is 2.63 bits per heavy atom. The van der Waals surface area contributed by atoms with Crippen molar-refractivity contribution in [3.8, 4) is 0 Å². The first kappa shape index (κ1) is 35.2. The molecule has 4 rings (SSSR count). The van der Waals surface area contributed by atoms with E-state index in [0.29, 0.717) is 19.3 Å². The van der Waals surface area contributed by atoms with Gasteiger partial charge in [0.15, 0.2) is 18.1 Å². The maximum Gasteiger partial charge on any atom is 0.330 e. The number of methoxy groups -OCH3 is 1. The molecule has 0 saturated carbocycles. The summed E-state index contributed by atoms with van der Waals surface area (Å²) in [5, 5.41) is 26.6. The van der Waals surface area contributed by atoms with Gasteiger partial charge in [-0.3, -0.25) is 28.7 Å². The minimum absolute atomic E-state index is 0.0579. The Morgan fingerprint density at radius 1 is 1.20 bits per heavy atom. The van der Waals surface area contributed by atoms with E-state index in [4.69, 9.17) is 29.4 Å². The third-order valence-electron chi connectivity index (χ3n) is 8.10. The molecule has 256 valence electrons. The minimum atomic E-state index is -1.80. The molecule has 0 radical (unpaired) electrons.